The van der Waals surface area contributed by atoms with Crippen molar-refractivity contribution in [3.8, 4) is 0 Å². The zero-order valence-corrected chi connectivity index (χ0v) is 10.8. The Morgan fingerprint density at radius 3 is 2.53 bits per heavy atom. The van der Waals surface area contributed by atoms with Gasteiger partial charge in [0.2, 0.25) is 0 Å². The fourth-order valence-electron chi connectivity index (χ4n) is 1.82. The third-order valence-electron chi connectivity index (χ3n) is 2.99. The molecule has 1 fully saturated rings. The summed E-state index contributed by atoms with van der Waals surface area (Å²) >= 11 is 0. The molecule has 1 saturated heterocycles. The molecule has 1 unspecified atom stereocenters. The molecule has 1 aliphatic rings. The van der Waals surface area contributed by atoms with Crippen LogP contribution in [0.2, 0.25) is 0 Å². The average Bonchev–Trinajstić information content (AvgIpc) is 2.32. The average molecular weight is 286 g/mol. The van der Waals surface area contributed by atoms with Crippen LogP contribution in [-0.2, 0) is 26.4 Å². The van der Waals surface area contributed by atoms with E-state index in [0.29, 0.717) is 4.31 Å². The third kappa shape index (κ3) is 2.76. The van der Waals surface area contributed by atoms with Gasteiger partial charge in [-0.2, -0.15) is 8.42 Å². The van der Waals surface area contributed by atoms with Gasteiger partial charge >= 0.3 is 16.3 Å². The number of hydrogen-bond donors (Lipinski definition) is 2. The molecule has 104 valence electrons. The molecule has 2 rings (SSSR count). The molecule has 1 aliphatic heterocycles. The molecule has 0 radical (unpaired) electrons. The van der Waals surface area contributed by atoms with Crippen LogP contribution in [0.25, 0.3) is 0 Å². The van der Waals surface area contributed by atoms with Crippen molar-refractivity contribution in [2.45, 2.75) is 18.7 Å². The van der Waals surface area contributed by atoms with E-state index in [9.17, 15) is 13.2 Å². The molecule has 8 heteroatoms. The number of hydrogen-bond acceptors (Lipinski definition) is 5. The topological polar surface area (TPSA) is 110 Å². The number of rotatable bonds is 4. The second-order valence-electron chi connectivity index (χ2n) is 4.29. The molecular weight excluding hydrogens is 272 g/mol. The second-order valence-corrected chi connectivity index (χ2v) is 5.62. The van der Waals surface area contributed by atoms with Crippen molar-refractivity contribution in [1.82, 2.24) is 4.31 Å². The van der Waals surface area contributed by atoms with Gasteiger partial charge in [-0.1, -0.05) is 30.3 Å². The van der Waals surface area contributed by atoms with Crippen LogP contribution in [0.1, 0.15) is 12.0 Å². The predicted molar refractivity (Wildman–Crippen MR) is 66.0 cm³/mol. The lowest BCUT2D eigenvalue weighted by Gasteiger charge is -2.44. The molecule has 19 heavy (non-hydrogen) atoms. The Hall–Kier alpha value is -1.48. The first-order chi connectivity index (χ1) is 8.84. The van der Waals surface area contributed by atoms with E-state index in [4.69, 9.17) is 15.0 Å². The smallest absolute Gasteiger partial charge is 0.342 e. The summed E-state index contributed by atoms with van der Waals surface area (Å²) in [4.78, 5) is 11.8. The van der Waals surface area contributed by atoms with Crippen molar-refractivity contribution in [3.63, 3.8) is 0 Å². The fraction of sp³-hybridized carbons (Fsp3) is 0.364. The van der Waals surface area contributed by atoms with Crippen LogP contribution < -0.4 is 5.73 Å². The molecule has 1 aromatic carbocycles. The van der Waals surface area contributed by atoms with E-state index < -0.39 is 21.9 Å². The molecule has 0 bridgehead atoms. The van der Waals surface area contributed by atoms with Crippen LogP contribution in [0.4, 0.5) is 0 Å². The lowest BCUT2D eigenvalue weighted by Crippen LogP contribution is -2.72. The SMILES string of the molecule is NC1(C(=O)OCc2ccccc2)CCN1S(=O)(=O)O. The summed E-state index contributed by atoms with van der Waals surface area (Å²) in [6.45, 7) is -0.00624. The summed E-state index contributed by atoms with van der Waals surface area (Å²) in [6.07, 6.45) is 0.112. The molecular formula is C11H14N2O5S. The van der Waals surface area contributed by atoms with Gasteiger partial charge in [-0.25, -0.2) is 4.79 Å². The minimum absolute atomic E-state index is 0.00204. The Morgan fingerprint density at radius 2 is 2.05 bits per heavy atom. The van der Waals surface area contributed by atoms with E-state index in [1.165, 1.54) is 0 Å². The number of ether oxygens (including phenoxy) is 1. The molecule has 1 heterocycles. The van der Waals surface area contributed by atoms with Gasteiger partial charge in [0.05, 0.1) is 0 Å². The number of carbonyl (C=O) groups excluding carboxylic acids is 1. The van der Waals surface area contributed by atoms with E-state index in [1.807, 2.05) is 6.07 Å². The zero-order chi connectivity index (χ0) is 14.1. The highest BCUT2D eigenvalue weighted by Gasteiger charge is 2.54. The Bertz CT molecular complexity index is 574. The van der Waals surface area contributed by atoms with Crippen LogP contribution in [0.15, 0.2) is 30.3 Å². The van der Waals surface area contributed by atoms with Gasteiger partial charge in [0, 0.05) is 13.0 Å². The normalized spacial score (nSPS) is 23.7. The van der Waals surface area contributed by atoms with Crippen molar-refractivity contribution in [3.05, 3.63) is 35.9 Å². The van der Waals surface area contributed by atoms with E-state index in [-0.39, 0.29) is 19.6 Å². The summed E-state index contributed by atoms with van der Waals surface area (Å²) in [7, 11) is -4.49. The van der Waals surface area contributed by atoms with Crippen molar-refractivity contribution in [1.29, 1.82) is 0 Å². The lowest BCUT2D eigenvalue weighted by molar-refractivity contribution is -0.163. The van der Waals surface area contributed by atoms with Gasteiger partial charge in [-0.05, 0) is 5.56 Å². The van der Waals surface area contributed by atoms with Gasteiger partial charge in [-0.15, -0.1) is 4.31 Å². The quantitative estimate of drug-likeness (QED) is 0.590. The maximum absolute atomic E-state index is 11.8. The first kappa shape index (κ1) is 13.9. The second kappa shape index (κ2) is 4.89. The molecule has 0 aliphatic carbocycles. The Labute approximate surface area is 110 Å². The summed E-state index contributed by atoms with van der Waals surface area (Å²) < 4.78 is 36.4. The Kier molecular flexibility index (Phi) is 3.59. The predicted octanol–water partition coefficient (Wildman–Crippen LogP) is -0.107. The van der Waals surface area contributed by atoms with Crippen molar-refractivity contribution in [2.75, 3.05) is 6.54 Å². The van der Waals surface area contributed by atoms with Crippen molar-refractivity contribution < 1.29 is 22.5 Å². The number of carbonyl (C=O) groups is 1. The van der Waals surface area contributed by atoms with Gasteiger partial charge < -0.3 is 10.5 Å². The van der Waals surface area contributed by atoms with E-state index in [0.717, 1.165) is 5.56 Å². The summed E-state index contributed by atoms with van der Waals surface area (Å²) in [5.74, 6) is -0.875. The van der Waals surface area contributed by atoms with E-state index in [2.05, 4.69) is 0 Å². The maximum atomic E-state index is 11.8. The van der Waals surface area contributed by atoms with Gasteiger partial charge in [0.1, 0.15) is 6.61 Å². The van der Waals surface area contributed by atoms with Crippen molar-refractivity contribution in [2.24, 2.45) is 5.73 Å². The molecule has 3 N–H and O–H groups in total. The Balaban J connectivity index is 2.01. The zero-order valence-electron chi connectivity index (χ0n) is 10.0. The van der Waals surface area contributed by atoms with Crippen LogP contribution >= 0.6 is 0 Å². The van der Waals surface area contributed by atoms with Crippen LogP contribution in [0.5, 0.6) is 0 Å². The molecule has 1 atom stereocenters. The van der Waals surface area contributed by atoms with Gasteiger partial charge in [0.25, 0.3) is 0 Å². The summed E-state index contributed by atoms with van der Waals surface area (Å²) in [5.41, 5.74) is 4.61. The van der Waals surface area contributed by atoms with E-state index in [1.54, 1.807) is 24.3 Å². The summed E-state index contributed by atoms with van der Waals surface area (Å²) in [6, 6.07) is 8.92. The highest BCUT2D eigenvalue weighted by Crippen LogP contribution is 2.29. The van der Waals surface area contributed by atoms with Crippen LogP contribution in [0, 0.1) is 0 Å². The monoisotopic (exact) mass is 286 g/mol. The first-order valence-corrected chi connectivity index (χ1v) is 6.99. The van der Waals surface area contributed by atoms with Gasteiger partial charge in [0.15, 0.2) is 5.66 Å². The van der Waals surface area contributed by atoms with E-state index >= 15 is 0 Å². The number of nitrogens with two attached hydrogens (primary N) is 1. The Morgan fingerprint density at radius 1 is 1.42 bits per heavy atom. The molecule has 0 amide bonds. The minimum atomic E-state index is -4.49. The number of benzene rings is 1. The molecule has 0 spiro atoms. The van der Waals surface area contributed by atoms with Crippen LogP contribution in [-0.4, -0.2) is 35.5 Å². The lowest BCUT2D eigenvalue weighted by atomic mass is 10.00. The molecule has 0 aromatic heterocycles. The maximum Gasteiger partial charge on any atom is 0.342 e. The highest BCUT2D eigenvalue weighted by molar-refractivity contribution is 7.83. The first-order valence-electron chi connectivity index (χ1n) is 5.59. The molecule has 1 aromatic rings. The van der Waals surface area contributed by atoms with Crippen LogP contribution in [0.3, 0.4) is 0 Å². The largest absolute Gasteiger partial charge is 0.458 e. The fourth-order valence-corrected chi connectivity index (χ4v) is 2.72. The standard InChI is InChI=1S/C11H14N2O5S/c12-11(6-7-13(11)19(15,16)17)10(14)18-8-9-4-2-1-3-5-9/h1-5H,6-8,12H2,(H,15,16,17). The highest BCUT2D eigenvalue weighted by atomic mass is 32.2. The van der Waals surface area contributed by atoms with Gasteiger partial charge in [-0.3, -0.25) is 4.55 Å². The number of nitrogens with zero attached hydrogens (tertiary/aromatic N) is 1. The summed E-state index contributed by atoms with van der Waals surface area (Å²) in [5, 5.41) is 0. The van der Waals surface area contributed by atoms with Crippen molar-refractivity contribution >= 4 is 16.3 Å². The molecule has 0 saturated carbocycles. The minimum Gasteiger partial charge on any atom is -0.458 e. The molecule has 7 nitrogen and oxygen atoms in total. The third-order valence-corrected chi connectivity index (χ3v) is 4.05. The number of esters is 1.